The molecule has 1 N–H and O–H groups in total. The summed E-state index contributed by atoms with van der Waals surface area (Å²) in [6, 6.07) is 5.10. The Kier molecular flexibility index (Phi) is 3.87. The summed E-state index contributed by atoms with van der Waals surface area (Å²) in [5, 5.41) is 9.79. The molecule has 1 atom stereocenters. The molecule has 1 fully saturated rings. The van der Waals surface area contributed by atoms with E-state index in [1.54, 1.807) is 24.1 Å². The highest BCUT2D eigenvalue weighted by Crippen LogP contribution is 2.21. The molecule has 18 heavy (non-hydrogen) atoms. The Hall–Kier alpha value is -1.55. The van der Waals surface area contributed by atoms with Gasteiger partial charge in [0.1, 0.15) is 5.75 Å². The van der Waals surface area contributed by atoms with Crippen LogP contribution in [0.15, 0.2) is 18.2 Å². The lowest BCUT2D eigenvalue weighted by molar-refractivity contribution is 0.0585. The van der Waals surface area contributed by atoms with Crippen molar-refractivity contribution in [2.45, 2.75) is 25.9 Å². The lowest BCUT2D eigenvalue weighted by Gasteiger charge is -2.21. The molecule has 1 amide bonds. The standard InChI is InChI=1S/C14H19NO3/c1-10-5-6-12(13(16)8-10)14(17)15(2)9-11-4-3-7-18-11/h5-6,8,11,16H,3-4,7,9H2,1-2H3. The van der Waals surface area contributed by atoms with Gasteiger partial charge in [0.05, 0.1) is 11.7 Å². The van der Waals surface area contributed by atoms with Gasteiger partial charge in [-0.15, -0.1) is 0 Å². The lowest BCUT2D eigenvalue weighted by atomic mass is 10.1. The first-order valence-corrected chi connectivity index (χ1v) is 6.24. The zero-order valence-corrected chi connectivity index (χ0v) is 10.8. The molecule has 1 aliphatic heterocycles. The highest BCUT2D eigenvalue weighted by molar-refractivity contribution is 5.96. The molecule has 0 bridgehead atoms. The van der Waals surface area contributed by atoms with Crippen molar-refractivity contribution in [3.05, 3.63) is 29.3 Å². The van der Waals surface area contributed by atoms with E-state index in [0.29, 0.717) is 12.1 Å². The maximum atomic E-state index is 12.2. The number of hydrogen-bond donors (Lipinski definition) is 1. The van der Waals surface area contributed by atoms with Crippen LogP contribution in [0.1, 0.15) is 28.8 Å². The first kappa shape index (κ1) is 12.9. The second-order valence-corrected chi connectivity index (χ2v) is 4.84. The van der Waals surface area contributed by atoms with E-state index in [0.717, 1.165) is 25.0 Å². The van der Waals surface area contributed by atoms with Crippen LogP contribution in [0, 0.1) is 6.92 Å². The van der Waals surface area contributed by atoms with Gasteiger partial charge in [0.2, 0.25) is 0 Å². The Bertz CT molecular complexity index is 439. The maximum Gasteiger partial charge on any atom is 0.257 e. The van der Waals surface area contributed by atoms with Gasteiger partial charge in [0.25, 0.3) is 5.91 Å². The van der Waals surface area contributed by atoms with E-state index in [1.165, 1.54) is 0 Å². The second-order valence-electron chi connectivity index (χ2n) is 4.84. The van der Waals surface area contributed by atoms with Crippen molar-refractivity contribution < 1.29 is 14.6 Å². The molecular weight excluding hydrogens is 230 g/mol. The minimum absolute atomic E-state index is 0.0409. The van der Waals surface area contributed by atoms with E-state index in [2.05, 4.69) is 0 Å². The number of carbonyl (C=O) groups is 1. The van der Waals surface area contributed by atoms with Gasteiger partial charge >= 0.3 is 0 Å². The normalized spacial score (nSPS) is 18.9. The van der Waals surface area contributed by atoms with Gasteiger partial charge in [-0.05, 0) is 37.5 Å². The molecule has 98 valence electrons. The first-order chi connectivity index (χ1) is 8.58. The number of aromatic hydroxyl groups is 1. The first-order valence-electron chi connectivity index (χ1n) is 6.24. The molecule has 0 radical (unpaired) electrons. The summed E-state index contributed by atoms with van der Waals surface area (Å²) in [6.07, 6.45) is 2.19. The fourth-order valence-corrected chi connectivity index (χ4v) is 2.20. The van der Waals surface area contributed by atoms with Gasteiger partial charge in [-0.3, -0.25) is 4.79 Å². The summed E-state index contributed by atoms with van der Waals surface area (Å²) in [7, 11) is 1.74. The molecule has 0 aromatic heterocycles. The maximum absolute atomic E-state index is 12.2. The van der Waals surface area contributed by atoms with Crippen LogP contribution in [0.2, 0.25) is 0 Å². The Balaban J connectivity index is 2.05. The highest BCUT2D eigenvalue weighted by Gasteiger charge is 2.22. The summed E-state index contributed by atoms with van der Waals surface area (Å²) in [5.41, 5.74) is 1.28. The molecule has 0 spiro atoms. The number of hydrogen-bond acceptors (Lipinski definition) is 3. The topological polar surface area (TPSA) is 49.8 Å². The number of amides is 1. The fraction of sp³-hybridized carbons (Fsp3) is 0.500. The zero-order chi connectivity index (χ0) is 13.1. The van der Waals surface area contributed by atoms with Crippen LogP contribution in [-0.2, 0) is 4.74 Å². The van der Waals surface area contributed by atoms with Crippen molar-refractivity contribution in [2.24, 2.45) is 0 Å². The van der Waals surface area contributed by atoms with Gasteiger partial charge in [-0.2, -0.15) is 0 Å². The van der Waals surface area contributed by atoms with E-state index in [9.17, 15) is 9.90 Å². The smallest absolute Gasteiger partial charge is 0.257 e. The fourth-order valence-electron chi connectivity index (χ4n) is 2.20. The molecule has 1 aliphatic rings. The number of phenols is 1. The number of carbonyl (C=O) groups excluding carboxylic acids is 1. The largest absolute Gasteiger partial charge is 0.507 e. The monoisotopic (exact) mass is 249 g/mol. The van der Waals surface area contributed by atoms with E-state index in [-0.39, 0.29) is 17.8 Å². The van der Waals surface area contributed by atoms with Crippen molar-refractivity contribution >= 4 is 5.91 Å². The van der Waals surface area contributed by atoms with E-state index >= 15 is 0 Å². The van der Waals surface area contributed by atoms with Gasteiger partial charge < -0.3 is 14.7 Å². The summed E-state index contributed by atoms with van der Waals surface area (Å²) < 4.78 is 5.50. The number of likely N-dealkylation sites (N-methyl/N-ethyl adjacent to an activating group) is 1. The van der Waals surface area contributed by atoms with Gasteiger partial charge in [-0.25, -0.2) is 0 Å². The molecule has 0 aliphatic carbocycles. The third kappa shape index (κ3) is 2.82. The highest BCUT2D eigenvalue weighted by atomic mass is 16.5. The minimum Gasteiger partial charge on any atom is -0.507 e. The summed E-state index contributed by atoms with van der Waals surface area (Å²) >= 11 is 0. The minimum atomic E-state index is -0.164. The third-order valence-electron chi connectivity index (χ3n) is 3.23. The van der Waals surface area contributed by atoms with Crippen molar-refractivity contribution in [3.8, 4) is 5.75 Å². The number of benzene rings is 1. The summed E-state index contributed by atoms with van der Waals surface area (Å²) in [6.45, 7) is 3.23. The quantitative estimate of drug-likeness (QED) is 0.890. The molecule has 1 aromatic carbocycles. The van der Waals surface area contributed by atoms with Crippen molar-refractivity contribution in [1.82, 2.24) is 4.90 Å². The SMILES string of the molecule is Cc1ccc(C(=O)N(C)CC2CCCO2)c(O)c1. The van der Waals surface area contributed by atoms with Gasteiger partial charge in [-0.1, -0.05) is 6.07 Å². The number of rotatable bonds is 3. The van der Waals surface area contributed by atoms with Crippen LogP contribution >= 0.6 is 0 Å². The van der Waals surface area contributed by atoms with Crippen LogP contribution in [-0.4, -0.2) is 42.2 Å². The Labute approximate surface area is 107 Å². The van der Waals surface area contributed by atoms with E-state index in [1.807, 2.05) is 13.0 Å². The number of aryl methyl sites for hydroxylation is 1. The lowest BCUT2D eigenvalue weighted by Crippen LogP contribution is -2.34. The Morgan fingerprint density at radius 3 is 2.94 bits per heavy atom. The summed E-state index contributed by atoms with van der Waals surface area (Å²) in [5.74, 6) is -0.123. The number of phenolic OH excluding ortho intramolecular Hbond substituents is 1. The molecule has 0 saturated carbocycles. The number of nitrogens with zero attached hydrogens (tertiary/aromatic N) is 1. The zero-order valence-electron chi connectivity index (χ0n) is 10.8. The molecule has 4 heteroatoms. The van der Waals surface area contributed by atoms with Crippen LogP contribution in [0.3, 0.4) is 0 Å². The van der Waals surface area contributed by atoms with Crippen LogP contribution in [0.5, 0.6) is 5.75 Å². The Morgan fingerprint density at radius 2 is 2.33 bits per heavy atom. The Morgan fingerprint density at radius 1 is 1.56 bits per heavy atom. The third-order valence-corrected chi connectivity index (χ3v) is 3.23. The van der Waals surface area contributed by atoms with Crippen molar-refractivity contribution in [3.63, 3.8) is 0 Å². The molecule has 1 aromatic rings. The average molecular weight is 249 g/mol. The molecular formula is C14H19NO3. The summed E-state index contributed by atoms with van der Waals surface area (Å²) in [4.78, 5) is 13.8. The number of ether oxygens (including phenoxy) is 1. The predicted octanol–water partition coefficient (Wildman–Crippen LogP) is 1.95. The molecule has 4 nitrogen and oxygen atoms in total. The van der Waals surface area contributed by atoms with Gasteiger partial charge in [0.15, 0.2) is 0 Å². The predicted molar refractivity (Wildman–Crippen MR) is 68.8 cm³/mol. The van der Waals surface area contributed by atoms with Crippen LogP contribution < -0.4 is 0 Å². The van der Waals surface area contributed by atoms with Crippen molar-refractivity contribution in [2.75, 3.05) is 20.2 Å². The van der Waals surface area contributed by atoms with Crippen LogP contribution in [0.4, 0.5) is 0 Å². The molecule has 1 saturated heterocycles. The molecule has 2 rings (SSSR count). The van der Waals surface area contributed by atoms with Crippen molar-refractivity contribution in [1.29, 1.82) is 0 Å². The molecule has 1 heterocycles. The van der Waals surface area contributed by atoms with E-state index < -0.39 is 0 Å². The second kappa shape index (κ2) is 5.40. The molecule has 1 unspecified atom stereocenters. The van der Waals surface area contributed by atoms with E-state index in [4.69, 9.17) is 4.74 Å². The van der Waals surface area contributed by atoms with Crippen LogP contribution in [0.25, 0.3) is 0 Å². The average Bonchev–Trinajstić information content (AvgIpc) is 2.81. The van der Waals surface area contributed by atoms with Gasteiger partial charge in [0, 0.05) is 20.2 Å².